The summed E-state index contributed by atoms with van der Waals surface area (Å²) in [5.41, 5.74) is 6.66. The Bertz CT molecular complexity index is 118. The third-order valence-electron chi connectivity index (χ3n) is 1.68. The molecular weight excluding hydrogens is 112 g/mol. The Morgan fingerprint density at radius 3 is 3.11 bits per heavy atom. The van der Waals surface area contributed by atoms with Crippen molar-refractivity contribution in [2.24, 2.45) is 5.73 Å². The standard InChI is InChI=1S/C7H14N2/c1-2-7-5-6(8)3-4-9-7/h5,7,9H,2-4,8H2,1H3/t7-/m0/s1. The summed E-state index contributed by atoms with van der Waals surface area (Å²) >= 11 is 0. The second-order valence-electron chi connectivity index (χ2n) is 2.46. The van der Waals surface area contributed by atoms with Gasteiger partial charge in [0.25, 0.3) is 0 Å². The Hall–Kier alpha value is -0.500. The van der Waals surface area contributed by atoms with Crippen LogP contribution >= 0.6 is 0 Å². The van der Waals surface area contributed by atoms with Crippen LogP contribution in [0.25, 0.3) is 0 Å². The Labute approximate surface area is 56.1 Å². The lowest BCUT2D eigenvalue weighted by Gasteiger charge is -2.18. The van der Waals surface area contributed by atoms with Crippen LogP contribution < -0.4 is 11.1 Å². The first-order valence-corrected chi connectivity index (χ1v) is 3.52. The lowest BCUT2D eigenvalue weighted by molar-refractivity contribution is 0.547. The van der Waals surface area contributed by atoms with E-state index in [4.69, 9.17) is 5.73 Å². The molecule has 1 atom stereocenters. The third-order valence-corrected chi connectivity index (χ3v) is 1.68. The summed E-state index contributed by atoms with van der Waals surface area (Å²) in [7, 11) is 0. The van der Waals surface area contributed by atoms with Gasteiger partial charge in [0.1, 0.15) is 0 Å². The molecule has 0 fully saturated rings. The largest absolute Gasteiger partial charge is 0.402 e. The maximum Gasteiger partial charge on any atom is 0.0267 e. The van der Waals surface area contributed by atoms with E-state index in [1.807, 2.05) is 0 Å². The first-order valence-electron chi connectivity index (χ1n) is 3.52. The molecule has 0 bridgehead atoms. The van der Waals surface area contributed by atoms with E-state index in [-0.39, 0.29) is 0 Å². The summed E-state index contributed by atoms with van der Waals surface area (Å²) in [6.07, 6.45) is 4.26. The van der Waals surface area contributed by atoms with E-state index in [2.05, 4.69) is 18.3 Å². The van der Waals surface area contributed by atoms with Crippen LogP contribution in [0, 0.1) is 0 Å². The molecule has 0 aliphatic carbocycles. The lowest BCUT2D eigenvalue weighted by atomic mass is 10.1. The average Bonchev–Trinajstić information content (AvgIpc) is 1.88. The predicted octanol–water partition coefficient (Wildman–Crippen LogP) is 0.601. The van der Waals surface area contributed by atoms with Crippen LogP contribution in [0.5, 0.6) is 0 Å². The molecule has 1 aliphatic rings. The molecule has 2 nitrogen and oxygen atoms in total. The minimum absolute atomic E-state index is 0.527. The average molecular weight is 126 g/mol. The highest BCUT2D eigenvalue weighted by Crippen LogP contribution is 2.04. The molecule has 52 valence electrons. The van der Waals surface area contributed by atoms with Crippen LogP contribution in [0.2, 0.25) is 0 Å². The van der Waals surface area contributed by atoms with Crippen molar-refractivity contribution >= 4 is 0 Å². The van der Waals surface area contributed by atoms with E-state index in [0.29, 0.717) is 6.04 Å². The number of hydrogen-bond donors (Lipinski definition) is 2. The van der Waals surface area contributed by atoms with Crippen molar-refractivity contribution in [3.63, 3.8) is 0 Å². The van der Waals surface area contributed by atoms with Gasteiger partial charge in [0.15, 0.2) is 0 Å². The van der Waals surface area contributed by atoms with Crippen LogP contribution in [0.4, 0.5) is 0 Å². The van der Waals surface area contributed by atoms with E-state index in [1.165, 1.54) is 0 Å². The molecule has 3 N–H and O–H groups in total. The second kappa shape index (κ2) is 2.87. The predicted molar refractivity (Wildman–Crippen MR) is 39.0 cm³/mol. The molecule has 0 saturated heterocycles. The van der Waals surface area contributed by atoms with Crippen LogP contribution in [0.15, 0.2) is 11.8 Å². The van der Waals surface area contributed by atoms with Crippen molar-refractivity contribution in [1.29, 1.82) is 0 Å². The van der Waals surface area contributed by atoms with Crippen molar-refractivity contribution in [2.45, 2.75) is 25.8 Å². The van der Waals surface area contributed by atoms with Crippen LogP contribution in [-0.2, 0) is 0 Å². The van der Waals surface area contributed by atoms with Gasteiger partial charge in [0, 0.05) is 18.3 Å². The van der Waals surface area contributed by atoms with Gasteiger partial charge < -0.3 is 11.1 Å². The summed E-state index contributed by atoms with van der Waals surface area (Å²) in [4.78, 5) is 0. The summed E-state index contributed by atoms with van der Waals surface area (Å²) in [6.45, 7) is 3.20. The Balaban J connectivity index is 2.47. The van der Waals surface area contributed by atoms with E-state index in [0.717, 1.165) is 25.1 Å². The zero-order valence-electron chi connectivity index (χ0n) is 5.85. The topological polar surface area (TPSA) is 38.0 Å². The van der Waals surface area contributed by atoms with Gasteiger partial charge in [-0.05, 0) is 18.9 Å². The van der Waals surface area contributed by atoms with Crippen molar-refractivity contribution in [1.82, 2.24) is 5.32 Å². The molecule has 1 rings (SSSR count). The highest BCUT2D eigenvalue weighted by molar-refractivity contribution is 5.06. The number of rotatable bonds is 1. The molecule has 1 aliphatic heterocycles. The summed E-state index contributed by atoms with van der Waals surface area (Å²) < 4.78 is 0. The molecule has 0 aromatic heterocycles. The van der Waals surface area contributed by atoms with Crippen molar-refractivity contribution in [2.75, 3.05) is 6.54 Å². The fourth-order valence-electron chi connectivity index (χ4n) is 1.06. The summed E-state index contributed by atoms with van der Waals surface area (Å²) in [5, 5.41) is 3.34. The quantitative estimate of drug-likeness (QED) is 0.540. The fraction of sp³-hybridized carbons (Fsp3) is 0.714. The molecule has 2 heteroatoms. The third kappa shape index (κ3) is 1.72. The van der Waals surface area contributed by atoms with E-state index >= 15 is 0 Å². The molecule has 0 saturated carbocycles. The van der Waals surface area contributed by atoms with E-state index in [9.17, 15) is 0 Å². The van der Waals surface area contributed by atoms with Crippen molar-refractivity contribution in [3.05, 3.63) is 11.8 Å². The van der Waals surface area contributed by atoms with Gasteiger partial charge in [-0.3, -0.25) is 0 Å². The fourth-order valence-corrected chi connectivity index (χ4v) is 1.06. The van der Waals surface area contributed by atoms with Crippen LogP contribution in [0.1, 0.15) is 19.8 Å². The minimum atomic E-state index is 0.527. The molecular formula is C7H14N2. The van der Waals surface area contributed by atoms with Gasteiger partial charge in [-0.25, -0.2) is 0 Å². The second-order valence-corrected chi connectivity index (χ2v) is 2.46. The molecule has 1 heterocycles. The molecule has 0 spiro atoms. The SMILES string of the molecule is CC[C@H]1C=C(N)CCN1. The van der Waals surface area contributed by atoms with Gasteiger partial charge >= 0.3 is 0 Å². The van der Waals surface area contributed by atoms with Gasteiger partial charge in [0.05, 0.1) is 0 Å². The Kier molecular flexibility index (Phi) is 2.11. The number of nitrogens with two attached hydrogens (primary N) is 1. The Morgan fingerprint density at radius 2 is 2.67 bits per heavy atom. The monoisotopic (exact) mass is 126 g/mol. The summed E-state index contributed by atoms with van der Waals surface area (Å²) in [5.74, 6) is 0. The lowest BCUT2D eigenvalue weighted by Crippen LogP contribution is -2.33. The van der Waals surface area contributed by atoms with Crippen molar-refractivity contribution < 1.29 is 0 Å². The zero-order valence-corrected chi connectivity index (χ0v) is 5.85. The highest BCUT2D eigenvalue weighted by Gasteiger charge is 2.06. The highest BCUT2D eigenvalue weighted by atomic mass is 14.9. The van der Waals surface area contributed by atoms with Gasteiger partial charge in [-0.15, -0.1) is 0 Å². The van der Waals surface area contributed by atoms with E-state index in [1.54, 1.807) is 0 Å². The molecule has 9 heavy (non-hydrogen) atoms. The number of hydrogen-bond acceptors (Lipinski definition) is 2. The normalized spacial score (nSPS) is 27.7. The molecule has 0 unspecified atom stereocenters. The van der Waals surface area contributed by atoms with Gasteiger partial charge in [-0.1, -0.05) is 6.92 Å². The first-order chi connectivity index (χ1) is 4.33. The molecule has 0 amide bonds. The Morgan fingerprint density at radius 1 is 1.89 bits per heavy atom. The van der Waals surface area contributed by atoms with Crippen LogP contribution in [0.3, 0.4) is 0 Å². The summed E-state index contributed by atoms with van der Waals surface area (Å²) in [6, 6.07) is 0.527. The van der Waals surface area contributed by atoms with Gasteiger partial charge in [-0.2, -0.15) is 0 Å². The maximum absolute atomic E-state index is 5.62. The first kappa shape index (κ1) is 6.62. The minimum Gasteiger partial charge on any atom is -0.402 e. The number of nitrogens with one attached hydrogen (secondary N) is 1. The van der Waals surface area contributed by atoms with E-state index < -0.39 is 0 Å². The van der Waals surface area contributed by atoms with Crippen molar-refractivity contribution in [3.8, 4) is 0 Å². The maximum atomic E-state index is 5.62. The smallest absolute Gasteiger partial charge is 0.0267 e. The van der Waals surface area contributed by atoms with Crippen LogP contribution in [-0.4, -0.2) is 12.6 Å². The van der Waals surface area contributed by atoms with Gasteiger partial charge in [0.2, 0.25) is 0 Å². The zero-order chi connectivity index (χ0) is 6.69. The molecule has 0 radical (unpaired) electrons. The molecule has 0 aromatic carbocycles. The molecule has 0 aromatic rings.